The van der Waals surface area contributed by atoms with Gasteiger partial charge < -0.3 is 5.11 Å². The Morgan fingerprint density at radius 3 is 3.00 bits per heavy atom. The average Bonchev–Trinajstić information content (AvgIpc) is 2.34. The second-order valence-corrected chi connectivity index (χ2v) is 2.37. The third kappa shape index (κ3) is 2.05. The maximum absolute atomic E-state index is 10.0. The quantitative estimate of drug-likeness (QED) is 0.464. The fraction of sp³-hybridized carbons (Fsp3) is 0.375. The molecule has 2 heteroatoms. The fourth-order valence-electron chi connectivity index (χ4n) is 1.02. The number of aliphatic carboxylic acids is 1. The first kappa shape index (κ1) is 7.06. The van der Waals surface area contributed by atoms with E-state index in [1.807, 2.05) is 6.08 Å². The summed E-state index contributed by atoms with van der Waals surface area (Å²) < 4.78 is 0. The molecule has 1 rings (SSSR count). The number of carbonyl (C=O) groups is 1. The van der Waals surface area contributed by atoms with E-state index in [1.54, 1.807) is 6.08 Å². The molecular formula is C8H10O2. The normalized spacial score (nSPS) is 24.2. The lowest BCUT2D eigenvalue weighted by Crippen LogP contribution is -1.90. The van der Waals surface area contributed by atoms with Crippen molar-refractivity contribution in [3.63, 3.8) is 0 Å². The van der Waals surface area contributed by atoms with Crippen LogP contribution in [0.3, 0.4) is 0 Å². The van der Waals surface area contributed by atoms with Crippen LogP contribution in [0.2, 0.25) is 0 Å². The van der Waals surface area contributed by atoms with Crippen LogP contribution >= 0.6 is 0 Å². The van der Waals surface area contributed by atoms with Crippen molar-refractivity contribution in [1.29, 1.82) is 0 Å². The number of rotatable bonds is 2. The lowest BCUT2D eigenvalue weighted by molar-refractivity contribution is -0.131. The Kier molecular flexibility index (Phi) is 2.26. The maximum atomic E-state index is 10.0. The zero-order chi connectivity index (χ0) is 7.40. The van der Waals surface area contributed by atoms with Crippen LogP contribution in [0.4, 0.5) is 0 Å². The van der Waals surface area contributed by atoms with Crippen LogP contribution in [-0.4, -0.2) is 11.1 Å². The molecule has 0 amide bonds. The van der Waals surface area contributed by atoms with Crippen LogP contribution in [0.25, 0.3) is 0 Å². The number of allylic oxidation sites excluding steroid dienone is 3. The molecule has 1 unspecified atom stereocenters. The van der Waals surface area contributed by atoms with Crippen LogP contribution in [0.1, 0.15) is 12.8 Å². The molecule has 1 aliphatic carbocycles. The van der Waals surface area contributed by atoms with E-state index in [-0.39, 0.29) is 0 Å². The van der Waals surface area contributed by atoms with Crippen molar-refractivity contribution in [1.82, 2.24) is 0 Å². The van der Waals surface area contributed by atoms with Crippen LogP contribution in [0.15, 0.2) is 24.3 Å². The van der Waals surface area contributed by atoms with Crippen molar-refractivity contribution in [2.45, 2.75) is 12.8 Å². The average molecular weight is 138 g/mol. The lowest BCUT2D eigenvalue weighted by Gasteiger charge is -1.95. The molecule has 0 saturated carbocycles. The lowest BCUT2D eigenvalue weighted by atomic mass is 10.1. The molecule has 10 heavy (non-hydrogen) atoms. The first-order valence-corrected chi connectivity index (χ1v) is 3.37. The predicted molar refractivity (Wildman–Crippen MR) is 38.6 cm³/mol. The van der Waals surface area contributed by atoms with E-state index >= 15 is 0 Å². The topological polar surface area (TPSA) is 37.3 Å². The van der Waals surface area contributed by atoms with Crippen LogP contribution in [-0.2, 0) is 4.79 Å². The van der Waals surface area contributed by atoms with E-state index in [4.69, 9.17) is 5.11 Å². The minimum absolute atomic E-state index is 0.357. The summed E-state index contributed by atoms with van der Waals surface area (Å²) in [5, 5.41) is 8.26. The van der Waals surface area contributed by atoms with Gasteiger partial charge in [0.05, 0.1) is 0 Å². The Morgan fingerprint density at radius 2 is 2.50 bits per heavy atom. The standard InChI is InChI=1S/C8H10O2/c9-8(10)6-5-7-3-1-2-4-7/h1,3,5-7H,2,4H2,(H,9,10). The van der Waals surface area contributed by atoms with Crippen molar-refractivity contribution in [2.75, 3.05) is 0 Å². The van der Waals surface area contributed by atoms with Gasteiger partial charge in [-0.05, 0) is 18.8 Å². The van der Waals surface area contributed by atoms with Crippen LogP contribution in [0.5, 0.6) is 0 Å². The summed E-state index contributed by atoms with van der Waals surface area (Å²) in [5.41, 5.74) is 0. The molecule has 54 valence electrons. The highest BCUT2D eigenvalue weighted by atomic mass is 16.4. The monoisotopic (exact) mass is 138 g/mol. The van der Waals surface area contributed by atoms with Gasteiger partial charge in [0, 0.05) is 6.08 Å². The minimum atomic E-state index is -0.861. The summed E-state index contributed by atoms with van der Waals surface area (Å²) in [6.07, 6.45) is 9.20. The highest BCUT2D eigenvalue weighted by Crippen LogP contribution is 2.17. The minimum Gasteiger partial charge on any atom is -0.478 e. The first-order valence-electron chi connectivity index (χ1n) is 3.37. The molecule has 0 aromatic carbocycles. The first-order chi connectivity index (χ1) is 4.79. The predicted octanol–water partition coefficient (Wildman–Crippen LogP) is 1.59. The van der Waals surface area contributed by atoms with Gasteiger partial charge in [-0.25, -0.2) is 4.79 Å². The third-order valence-electron chi connectivity index (χ3n) is 1.54. The van der Waals surface area contributed by atoms with Gasteiger partial charge in [-0.2, -0.15) is 0 Å². The summed E-state index contributed by atoms with van der Waals surface area (Å²) in [7, 11) is 0. The summed E-state index contributed by atoms with van der Waals surface area (Å²) in [5.74, 6) is -0.503. The highest BCUT2D eigenvalue weighted by molar-refractivity contribution is 5.79. The summed E-state index contributed by atoms with van der Waals surface area (Å²) in [4.78, 5) is 10.0. The smallest absolute Gasteiger partial charge is 0.327 e. The number of carboxylic acid groups (broad SMARTS) is 1. The SMILES string of the molecule is O=C(O)C=CC1C=CCC1. The summed E-state index contributed by atoms with van der Waals surface area (Å²) in [6.45, 7) is 0. The molecule has 0 aromatic rings. The molecule has 0 radical (unpaired) electrons. The molecule has 2 nitrogen and oxygen atoms in total. The zero-order valence-corrected chi connectivity index (χ0v) is 5.66. The molecule has 0 saturated heterocycles. The van der Waals surface area contributed by atoms with E-state index < -0.39 is 5.97 Å². The van der Waals surface area contributed by atoms with Gasteiger partial charge in [-0.15, -0.1) is 0 Å². The van der Waals surface area contributed by atoms with E-state index in [2.05, 4.69) is 6.08 Å². The van der Waals surface area contributed by atoms with Gasteiger partial charge in [0.2, 0.25) is 0 Å². The van der Waals surface area contributed by atoms with Gasteiger partial charge in [0.1, 0.15) is 0 Å². The van der Waals surface area contributed by atoms with Gasteiger partial charge in [-0.1, -0.05) is 18.2 Å². The van der Waals surface area contributed by atoms with E-state index in [0.29, 0.717) is 5.92 Å². The van der Waals surface area contributed by atoms with Crippen molar-refractivity contribution in [2.24, 2.45) is 5.92 Å². The van der Waals surface area contributed by atoms with Crippen molar-refractivity contribution in [3.05, 3.63) is 24.3 Å². The van der Waals surface area contributed by atoms with Gasteiger partial charge >= 0.3 is 5.97 Å². The molecule has 0 spiro atoms. The van der Waals surface area contributed by atoms with Crippen molar-refractivity contribution in [3.8, 4) is 0 Å². The summed E-state index contributed by atoms with van der Waals surface area (Å²) in [6, 6.07) is 0. The number of hydrogen-bond donors (Lipinski definition) is 1. The number of carboxylic acids is 1. The van der Waals surface area contributed by atoms with Gasteiger partial charge in [-0.3, -0.25) is 0 Å². The molecule has 1 N–H and O–H groups in total. The van der Waals surface area contributed by atoms with Gasteiger partial charge in [0.25, 0.3) is 0 Å². The Hall–Kier alpha value is -1.05. The Labute approximate surface area is 59.9 Å². The van der Waals surface area contributed by atoms with Crippen molar-refractivity contribution < 1.29 is 9.90 Å². The van der Waals surface area contributed by atoms with E-state index in [0.717, 1.165) is 12.8 Å². The fourth-order valence-corrected chi connectivity index (χ4v) is 1.02. The zero-order valence-electron chi connectivity index (χ0n) is 5.66. The summed E-state index contributed by atoms with van der Waals surface area (Å²) >= 11 is 0. The van der Waals surface area contributed by atoms with E-state index in [9.17, 15) is 4.79 Å². The molecule has 0 aliphatic heterocycles. The van der Waals surface area contributed by atoms with Crippen molar-refractivity contribution >= 4 is 5.97 Å². The highest BCUT2D eigenvalue weighted by Gasteiger charge is 2.04. The Bertz CT molecular complexity index is 180. The largest absolute Gasteiger partial charge is 0.478 e. The third-order valence-corrected chi connectivity index (χ3v) is 1.54. The Balaban J connectivity index is 2.37. The number of hydrogen-bond acceptors (Lipinski definition) is 1. The second kappa shape index (κ2) is 3.20. The molecular weight excluding hydrogens is 128 g/mol. The van der Waals surface area contributed by atoms with E-state index in [1.165, 1.54) is 6.08 Å². The molecule has 1 atom stereocenters. The Morgan fingerprint density at radius 1 is 1.70 bits per heavy atom. The second-order valence-electron chi connectivity index (χ2n) is 2.37. The van der Waals surface area contributed by atoms with Crippen LogP contribution < -0.4 is 0 Å². The molecule has 0 heterocycles. The molecule has 0 aromatic heterocycles. The maximum Gasteiger partial charge on any atom is 0.327 e. The van der Waals surface area contributed by atoms with Gasteiger partial charge in [0.15, 0.2) is 0 Å². The molecule has 1 aliphatic rings. The molecule has 0 bridgehead atoms. The van der Waals surface area contributed by atoms with Crippen LogP contribution in [0, 0.1) is 5.92 Å². The molecule has 0 fully saturated rings.